The number of fused-ring (bicyclic) bond motifs is 1. The zero-order valence-corrected chi connectivity index (χ0v) is 7.42. The van der Waals surface area contributed by atoms with Gasteiger partial charge in [0.25, 0.3) is 0 Å². The van der Waals surface area contributed by atoms with Crippen LogP contribution in [0.4, 0.5) is 0 Å². The average molecular weight is 187 g/mol. The van der Waals surface area contributed by atoms with E-state index in [1.165, 1.54) is 0 Å². The molecule has 0 bridgehead atoms. The van der Waals surface area contributed by atoms with Crippen LogP contribution in [0.15, 0.2) is 57.6 Å². The predicted octanol–water partition coefficient (Wildman–Crippen LogP) is 1.63. The van der Waals surface area contributed by atoms with Gasteiger partial charge in [-0.15, -0.1) is 4.91 Å². The third kappa shape index (κ3) is 1.31. The normalized spacial score (nSPS) is 26.9. The summed E-state index contributed by atoms with van der Waals surface area (Å²) in [6.45, 7) is 0. The molecule has 1 atom stereocenters. The summed E-state index contributed by atoms with van der Waals surface area (Å²) in [6, 6.07) is 0. The second-order valence-corrected chi connectivity index (χ2v) is 3.03. The smallest absolute Gasteiger partial charge is 0.190 e. The molecular weight excluding hydrogens is 178 g/mol. The molecule has 0 spiro atoms. The van der Waals surface area contributed by atoms with Crippen molar-refractivity contribution >= 4 is 6.21 Å². The maximum Gasteiger partial charge on any atom is 0.190 e. The van der Waals surface area contributed by atoms with E-state index in [9.17, 15) is 4.91 Å². The largest absolute Gasteiger partial charge is 0.379 e. The van der Waals surface area contributed by atoms with Gasteiger partial charge < -0.3 is 5.73 Å². The maximum absolute atomic E-state index is 10.3. The first-order valence-electron chi connectivity index (χ1n) is 4.25. The van der Waals surface area contributed by atoms with Gasteiger partial charge in [-0.25, -0.2) is 0 Å². The van der Waals surface area contributed by atoms with E-state index in [1.807, 2.05) is 30.4 Å². The first-order chi connectivity index (χ1) is 6.83. The lowest BCUT2D eigenvalue weighted by atomic mass is 9.90. The minimum atomic E-state index is -0.0446. The summed E-state index contributed by atoms with van der Waals surface area (Å²) in [5.41, 5.74) is 7.06. The maximum atomic E-state index is 10.3. The van der Waals surface area contributed by atoms with Crippen LogP contribution in [-0.4, -0.2) is 6.21 Å². The van der Waals surface area contributed by atoms with Gasteiger partial charge in [0.1, 0.15) is 0 Å². The van der Waals surface area contributed by atoms with Crippen LogP contribution in [-0.2, 0) is 0 Å². The summed E-state index contributed by atoms with van der Waals surface area (Å²) in [6.07, 6.45) is 11.3. The molecule has 0 aromatic rings. The monoisotopic (exact) mass is 187 g/mol. The summed E-state index contributed by atoms with van der Waals surface area (Å²) in [4.78, 5) is 14.4. The summed E-state index contributed by atoms with van der Waals surface area (Å²) in [5, 5.41) is 2.71. The van der Waals surface area contributed by atoms with Crippen molar-refractivity contribution < 1.29 is 0 Å². The van der Waals surface area contributed by atoms with Gasteiger partial charge in [0.05, 0.1) is 5.70 Å². The number of nitrogens with zero attached hydrogens (tertiary/aromatic N) is 2. The molecule has 0 aromatic carbocycles. The number of hydrogen-bond donors (Lipinski definition) is 1. The van der Waals surface area contributed by atoms with Crippen molar-refractivity contribution in [3.8, 4) is 0 Å². The molecule has 2 aliphatic rings. The minimum absolute atomic E-state index is 0.0253. The zero-order chi connectivity index (χ0) is 9.97. The lowest BCUT2D eigenvalue weighted by molar-refractivity contribution is 0.855. The van der Waals surface area contributed by atoms with Crippen LogP contribution in [0.5, 0.6) is 0 Å². The summed E-state index contributed by atoms with van der Waals surface area (Å²) in [5.74, 6) is -0.0699. The minimum Gasteiger partial charge on any atom is -0.379 e. The number of allylic oxidation sites excluding steroid dienone is 5. The van der Waals surface area contributed by atoms with Gasteiger partial charge in [-0.05, 0) is 16.8 Å². The Balaban J connectivity index is 2.46. The summed E-state index contributed by atoms with van der Waals surface area (Å²) in [7, 11) is 0. The van der Waals surface area contributed by atoms with Crippen molar-refractivity contribution in [1.29, 1.82) is 0 Å². The van der Waals surface area contributed by atoms with Crippen molar-refractivity contribution in [2.75, 3.05) is 0 Å². The molecule has 0 amide bonds. The Morgan fingerprint density at radius 2 is 2.36 bits per heavy atom. The van der Waals surface area contributed by atoms with E-state index < -0.39 is 0 Å². The van der Waals surface area contributed by atoms with Crippen LogP contribution in [0.1, 0.15) is 0 Å². The zero-order valence-electron chi connectivity index (χ0n) is 7.42. The Morgan fingerprint density at radius 3 is 3.14 bits per heavy atom. The van der Waals surface area contributed by atoms with Crippen molar-refractivity contribution in [2.45, 2.75) is 0 Å². The number of aliphatic imine (C=N–C) groups is 1. The number of hydrogen-bond acceptors (Lipinski definition) is 4. The molecule has 4 heteroatoms. The molecule has 2 N–H and O–H groups in total. The van der Waals surface area contributed by atoms with Crippen LogP contribution in [0.3, 0.4) is 0 Å². The van der Waals surface area contributed by atoms with Gasteiger partial charge in [0.2, 0.25) is 0 Å². The van der Waals surface area contributed by atoms with Crippen molar-refractivity contribution in [3.63, 3.8) is 0 Å². The van der Waals surface area contributed by atoms with E-state index in [1.54, 1.807) is 6.21 Å². The Hall–Kier alpha value is -1.97. The van der Waals surface area contributed by atoms with Crippen molar-refractivity contribution in [3.05, 3.63) is 52.4 Å². The molecule has 0 aromatic heterocycles. The van der Waals surface area contributed by atoms with Crippen LogP contribution in [0.2, 0.25) is 0 Å². The van der Waals surface area contributed by atoms with E-state index in [2.05, 4.69) is 10.2 Å². The summed E-state index contributed by atoms with van der Waals surface area (Å²) < 4.78 is 0. The lowest BCUT2D eigenvalue weighted by Crippen LogP contribution is -2.13. The topological polar surface area (TPSA) is 67.8 Å². The molecule has 70 valence electrons. The fourth-order valence-electron chi connectivity index (χ4n) is 1.52. The van der Waals surface area contributed by atoms with E-state index in [0.29, 0.717) is 5.70 Å². The molecular formula is C10H9N3O. The van der Waals surface area contributed by atoms with Crippen molar-refractivity contribution in [1.82, 2.24) is 0 Å². The van der Waals surface area contributed by atoms with E-state index >= 15 is 0 Å². The van der Waals surface area contributed by atoms with Gasteiger partial charge in [0, 0.05) is 12.1 Å². The molecule has 0 saturated carbocycles. The standard InChI is InChI=1S/C10H9N3O/c11-10(13-14)9-8-4-2-1-3-7(8)5-6-12-9/h1-6,8H,11H2. The molecule has 14 heavy (non-hydrogen) atoms. The van der Waals surface area contributed by atoms with Gasteiger partial charge in [-0.2, -0.15) is 0 Å². The fraction of sp³-hybridized carbons (Fsp3) is 0.100. The highest BCUT2D eigenvalue weighted by Crippen LogP contribution is 2.30. The van der Waals surface area contributed by atoms with E-state index in [4.69, 9.17) is 5.73 Å². The second kappa shape index (κ2) is 3.41. The molecule has 4 nitrogen and oxygen atoms in total. The van der Waals surface area contributed by atoms with Crippen LogP contribution in [0.25, 0.3) is 0 Å². The Morgan fingerprint density at radius 1 is 1.50 bits per heavy atom. The number of nitroso groups, excluding NO2 is 1. The highest BCUT2D eigenvalue weighted by molar-refractivity contribution is 5.77. The first kappa shape index (κ1) is 8.62. The third-order valence-electron chi connectivity index (χ3n) is 2.20. The van der Waals surface area contributed by atoms with Crippen LogP contribution in [0, 0.1) is 10.8 Å². The molecule has 0 fully saturated rings. The highest BCUT2D eigenvalue weighted by atomic mass is 16.3. The van der Waals surface area contributed by atoms with Gasteiger partial charge in [-0.3, -0.25) is 4.99 Å². The Bertz CT molecular complexity index is 413. The quantitative estimate of drug-likeness (QED) is 0.634. The van der Waals surface area contributed by atoms with Gasteiger partial charge in [-0.1, -0.05) is 24.3 Å². The molecule has 2 rings (SSSR count). The van der Waals surface area contributed by atoms with Crippen LogP contribution < -0.4 is 5.73 Å². The highest BCUT2D eigenvalue weighted by Gasteiger charge is 2.21. The van der Waals surface area contributed by atoms with E-state index in [0.717, 1.165) is 5.57 Å². The lowest BCUT2D eigenvalue weighted by Gasteiger charge is -2.19. The number of dihydropyridines is 1. The molecule has 1 unspecified atom stereocenters. The summed E-state index contributed by atoms with van der Waals surface area (Å²) >= 11 is 0. The van der Waals surface area contributed by atoms with Gasteiger partial charge in [0.15, 0.2) is 5.82 Å². The first-order valence-corrected chi connectivity index (χ1v) is 4.25. The molecule has 1 aliphatic carbocycles. The number of nitrogens with two attached hydrogens (primary N) is 1. The second-order valence-electron chi connectivity index (χ2n) is 3.03. The Kier molecular flexibility index (Phi) is 2.10. The molecule has 0 saturated heterocycles. The van der Waals surface area contributed by atoms with Crippen LogP contribution >= 0.6 is 0 Å². The molecule has 1 heterocycles. The third-order valence-corrected chi connectivity index (χ3v) is 2.20. The van der Waals surface area contributed by atoms with Crippen molar-refractivity contribution in [2.24, 2.45) is 21.8 Å². The molecule has 1 aliphatic heterocycles. The Labute approximate surface area is 81.2 Å². The number of rotatable bonds is 1. The SMILES string of the molecule is NC(N=O)=C1N=CC=C2C=CC=CC21. The van der Waals surface area contributed by atoms with E-state index in [-0.39, 0.29) is 11.7 Å². The fourth-order valence-corrected chi connectivity index (χ4v) is 1.52. The predicted molar refractivity (Wildman–Crippen MR) is 55.4 cm³/mol. The molecule has 0 radical (unpaired) electrons. The average Bonchev–Trinajstić information content (AvgIpc) is 2.27. The van der Waals surface area contributed by atoms with Gasteiger partial charge >= 0.3 is 0 Å².